The van der Waals surface area contributed by atoms with Crippen LogP contribution in [-0.4, -0.2) is 11.0 Å². The number of allylic oxidation sites excluding steroid dienone is 1. The maximum Gasteiger partial charge on any atom is 0.223 e. The van der Waals surface area contributed by atoms with Gasteiger partial charge >= 0.3 is 0 Å². The van der Waals surface area contributed by atoms with E-state index in [4.69, 9.17) is 11.6 Å². The van der Waals surface area contributed by atoms with Gasteiger partial charge in [-0.15, -0.1) is 0 Å². The summed E-state index contributed by atoms with van der Waals surface area (Å²) in [6, 6.07) is 16.9. The van der Waals surface area contributed by atoms with Crippen molar-refractivity contribution in [2.75, 3.05) is 0 Å². The lowest BCUT2D eigenvalue weighted by Crippen LogP contribution is -2.30. The summed E-state index contributed by atoms with van der Waals surface area (Å²) in [5.41, 5.74) is 3.15. The van der Waals surface area contributed by atoms with Crippen molar-refractivity contribution in [2.24, 2.45) is 0 Å². The van der Waals surface area contributed by atoms with Crippen LogP contribution >= 0.6 is 11.6 Å². The van der Waals surface area contributed by atoms with Gasteiger partial charge in [-0.25, -0.2) is 0 Å². The fraction of sp³-hybridized carbons (Fsp3) is 0.222. The normalized spacial score (nSPS) is 21.2. The Labute approximate surface area is 134 Å². The van der Waals surface area contributed by atoms with Crippen LogP contribution in [0.1, 0.15) is 29.9 Å². The Balaban J connectivity index is 1.98. The van der Waals surface area contributed by atoms with Gasteiger partial charge in [-0.3, -0.25) is 10.1 Å². The van der Waals surface area contributed by atoms with Crippen LogP contribution < -0.4 is 0 Å². The quantitative estimate of drug-likeness (QED) is 0.594. The van der Waals surface area contributed by atoms with Gasteiger partial charge in [0.2, 0.25) is 6.04 Å². The summed E-state index contributed by atoms with van der Waals surface area (Å²) < 4.78 is 0. The van der Waals surface area contributed by atoms with E-state index in [1.54, 1.807) is 6.07 Å². The van der Waals surface area contributed by atoms with Gasteiger partial charge in [0.25, 0.3) is 0 Å². The molecule has 0 amide bonds. The van der Waals surface area contributed by atoms with Crippen molar-refractivity contribution >= 4 is 17.2 Å². The van der Waals surface area contributed by atoms with Crippen molar-refractivity contribution in [3.63, 3.8) is 0 Å². The van der Waals surface area contributed by atoms with E-state index in [-0.39, 0.29) is 10.8 Å². The van der Waals surface area contributed by atoms with E-state index >= 15 is 0 Å². The minimum atomic E-state index is -0.618. The molecule has 0 heterocycles. The number of benzene rings is 2. The second-order valence-corrected chi connectivity index (χ2v) is 5.92. The van der Waals surface area contributed by atoms with Crippen LogP contribution in [0.2, 0.25) is 5.02 Å². The molecule has 0 aliphatic heterocycles. The Kier molecular flexibility index (Phi) is 4.25. The van der Waals surface area contributed by atoms with Gasteiger partial charge in [0.15, 0.2) is 0 Å². The van der Waals surface area contributed by atoms with E-state index in [1.165, 1.54) is 0 Å². The Morgan fingerprint density at radius 2 is 1.73 bits per heavy atom. The summed E-state index contributed by atoms with van der Waals surface area (Å²) in [6.07, 6.45) is 3.07. The first kappa shape index (κ1) is 14.8. The zero-order valence-corrected chi connectivity index (χ0v) is 12.7. The average Bonchev–Trinajstić information content (AvgIpc) is 2.55. The highest BCUT2D eigenvalue weighted by Gasteiger charge is 2.36. The molecule has 0 N–H and O–H groups in total. The van der Waals surface area contributed by atoms with Gasteiger partial charge in [-0.2, -0.15) is 0 Å². The number of hydrogen-bond acceptors (Lipinski definition) is 2. The summed E-state index contributed by atoms with van der Waals surface area (Å²) in [7, 11) is 0. The first-order valence-electron chi connectivity index (χ1n) is 7.29. The molecule has 0 unspecified atom stereocenters. The first-order valence-corrected chi connectivity index (χ1v) is 7.67. The van der Waals surface area contributed by atoms with Crippen LogP contribution in [-0.2, 0) is 0 Å². The van der Waals surface area contributed by atoms with Crippen LogP contribution in [0, 0.1) is 10.1 Å². The molecule has 2 aromatic rings. The lowest BCUT2D eigenvalue weighted by atomic mass is 9.78. The molecule has 112 valence electrons. The molecule has 0 saturated carbocycles. The molecule has 2 atom stereocenters. The molecule has 0 radical (unpaired) electrons. The predicted molar refractivity (Wildman–Crippen MR) is 88.6 cm³/mol. The SMILES string of the molecule is O=[N+]([O-])[C@@H]1CC=C(c2ccccc2)C[C@H]1c1ccccc1Cl. The summed E-state index contributed by atoms with van der Waals surface area (Å²) in [4.78, 5) is 11.3. The highest BCUT2D eigenvalue weighted by molar-refractivity contribution is 6.31. The monoisotopic (exact) mass is 313 g/mol. The van der Waals surface area contributed by atoms with Crippen molar-refractivity contribution in [1.82, 2.24) is 0 Å². The minimum absolute atomic E-state index is 0.174. The van der Waals surface area contributed by atoms with Gasteiger partial charge in [0.1, 0.15) is 0 Å². The number of nitrogens with zero attached hydrogens (tertiary/aromatic N) is 1. The number of rotatable bonds is 3. The van der Waals surface area contributed by atoms with Crippen LogP contribution in [0.4, 0.5) is 0 Å². The Hall–Kier alpha value is -2.13. The molecule has 3 rings (SSSR count). The highest BCUT2D eigenvalue weighted by atomic mass is 35.5. The fourth-order valence-electron chi connectivity index (χ4n) is 3.10. The number of nitro groups is 1. The van der Waals surface area contributed by atoms with Gasteiger partial charge < -0.3 is 0 Å². The van der Waals surface area contributed by atoms with Crippen LogP contribution in [0.3, 0.4) is 0 Å². The third-order valence-corrected chi connectivity index (χ3v) is 4.57. The predicted octanol–water partition coefficient (Wildman–Crippen LogP) is 4.95. The maximum absolute atomic E-state index is 11.4. The second-order valence-electron chi connectivity index (χ2n) is 5.52. The minimum Gasteiger partial charge on any atom is -0.264 e. The molecule has 0 fully saturated rings. The standard InChI is InChI=1S/C18H16ClNO2/c19-17-9-5-4-8-15(17)16-12-14(10-11-18(16)20(21)22)13-6-2-1-3-7-13/h1-10,16,18H,11-12H2/t16-,18+/m0/s1. The molecule has 0 spiro atoms. The zero-order valence-electron chi connectivity index (χ0n) is 12.0. The molecule has 0 aromatic heterocycles. The fourth-order valence-corrected chi connectivity index (χ4v) is 3.37. The highest BCUT2D eigenvalue weighted by Crippen LogP contribution is 2.40. The van der Waals surface area contributed by atoms with Gasteiger partial charge in [0, 0.05) is 16.4 Å². The molecule has 1 aliphatic rings. The van der Waals surface area contributed by atoms with E-state index in [0.29, 0.717) is 17.9 Å². The van der Waals surface area contributed by atoms with Crippen LogP contribution in [0.25, 0.3) is 5.57 Å². The largest absolute Gasteiger partial charge is 0.264 e. The number of hydrogen-bond donors (Lipinski definition) is 0. The summed E-state index contributed by atoms with van der Waals surface area (Å²) in [5.74, 6) is -0.191. The zero-order chi connectivity index (χ0) is 15.5. The molecule has 0 saturated heterocycles. The Morgan fingerprint density at radius 3 is 2.41 bits per heavy atom. The summed E-state index contributed by atoms with van der Waals surface area (Å²) in [5, 5.41) is 12.0. The summed E-state index contributed by atoms with van der Waals surface area (Å²) in [6.45, 7) is 0. The second kappa shape index (κ2) is 6.32. The van der Waals surface area contributed by atoms with Crippen LogP contribution in [0.5, 0.6) is 0 Å². The molecule has 0 bridgehead atoms. The molecular weight excluding hydrogens is 298 g/mol. The maximum atomic E-state index is 11.4. The van der Waals surface area contributed by atoms with Crippen molar-refractivity contribution in [3.05, 3.63) is 86.9 Å². The van der Waals surface area contributed by atoms with E-state index in [1.807, 2.05) is 54.6 Å². The molecule has 4 heteroatoms. The lowest BCUT2D eigenvalue weighted by Gasteiger charge is -2.27. The molecule has 1 aliphatic carbocycles. The van der Waals surface area contributed by atoms with Gasteiger partial charge in [-0.05, 0) is 29.2 Å². The van der Waals surface area contributed by atoms with Crippen molar-refractivity contribution in [2.45, 2.75) is 24.8 Å². The number of halogens is 1. The lowest BCUT2D eigenvalue weighted by molar-refractivity contribution is -0.526. The van der Waals surface area contributed by atoms with Crippen molar-refractivity contribution in [3.8, 4) is 0 Å². The van der Waals surface area contributed by atoms with Crippen molar-refractivity contribution in [1.29, 1.82) is 0 Å². The molecule has 3 nitrogen and oxygen atoms in total. The van der Waals surface area contributed by atoms with E-state index in [2.05, 4.69) is 0 Å². The molecular formula is C18H16ClNO2. The van der Waals surface area contributed by atoms with E-state index in [0.717, 1.165) is 16.7 Å². The Morgan fingerprint density at radius 1 is 1.05 bits per heavy atom. The topological polar surface area (TPSA) is 43.1 Å². The smallest absolute Gasteiger partial charge is 0.223 e. The van der Waals surface area contributed by atoms with Gasteiger partial charge in [0.05, 0.1) is 5.92 Å². The van der Waals surface area contributed by atoms with E-state index < -0.39 is 6.04 Å². The first-order chi connectivity index (χ1) is 10.7. The summed E-state index contributed by atoms with van der Waals surface area (Å²) >= 11 is 6.28. The molecule has 22 heavy (non-hydrogen) atoms. The van der Waals surface area contributed by atoms with E-state index in [9.17, 15) is 10.1 Å². The average molecular weight is 314 g/mol. The van der Waals surface area contributed by atoms with Crippen molar-refractivity contribution < 1.29 is 4.92 Å². The van der Waals surface area contributed by atoms with Crippen LogP contribution in [0.15, 0.2) is 60.7 Å². The third-order valence-electron chi connectivity index (χ3n) is 4.23. The molecule has 2 aromatic carbocycles. The van der Waals surface area contributed by atoms with Gasteiger partial charge in [-0.1, -0.05) is 66.2 Å². The third kappa shape index (κ3) is 2.90. The Bertz CT molecular complexity index is 712.